The third-order valence-electron chi connectivity index (χ3n) is 1.77. The highest BCUT2D eigenvalue weighted by Gasteiger charge is 2.12. The van der Waals surface area contributed by atoms with Crippen molar-refractivity contribution in [3.63, 3.8) is 0 Å². The largest absolute Gasteiger partial charge is 0.366 e. The lowest BCUT2D eigenvalue weighted by atomic mass is 10.3. The van der Waals surface area contributed by atoms with Crippen LogP contribution < -0.4 is 11.6 Å². The first-order valence-electron chi connectivity index (χ1n) is 3.66. The number of aromatic amines is 1. The molecule has 0 aliphatic rings. The third-order valence-corrected chi connectivity index (χ3v) is 1.77. The molecule has 0 aromatic carbocycles. The van der Waals surface area contributed by atoms with E-state index < -0.39 is 0 Å². The molecule has 7 nitrogen and oxygen atoms in total. The fourth-order valence-electron chi connectivity index (χ4n) is 1.05. The lowest BCUT2D eigenvalue weighted by Crippen LogP contribution is -2.13. The number of aromatic nitrogens is 5. The van der Waals surface area contributed by atoms with E-state index in [-0.39, 0.29) is 5.95 Å². The average molecular weight is 179 g/mol. The quantitative estimate of drug-likeness (QED) is 0.500. The van der Waals surface area contributed by atoms with Crippen molar-refractivity contribution in [2.24, 2.45) is 0 Å². The molecule has 0 radical (unpaired) electrons. The van der Waals surface area contributed by atoms with Gasteiger partial charge < -0.3 is 11.6 Å². The van der Waals surface area contributed by atoms with Gasteiger partial charge in [0.05, 0.1) is 6.20 Å². The number of anilines is 1. The zero-order valence-electron chi connectivity index (χ0n) is 7.02. The van der Waals surface area contributed by atoms with Crippen LogP contribution in [0.4, 0.5) is 5.95 Å². The molecule has 5 N–H and O–H groups in total. The zero-order valence-corrected chi connectivity index (χ0v) is 7.02. The molecule has 0 spiro atoms. The van der Waals surface area contributed by atoms with Gasteiger partial charge in [0.1, 0.15) is 5.69 Å². The van der Waals surface area contributed by atoms with Crippen LogP contribution in [0.25, 0.3) is 11.5 Å². The summed E-state index contributed by atoms with van der Waals surface area (Å²) in [4.78, 5) is 0. The molecule has 2 rings (SSSR count). The van der Waals surface area contributed by atoms with E-state index in [1.54, 1.807) is 6.20 Å². The van der Waals surface area contributed by atoms with Gasteiger partial charge in [-0.15, -0.1) is 10.2 Å². The summed E-state index contributed by atoms with van der Waals surface area (Å²) in [6, 6.07) is 0. The zero-order chi connectivity index (χ0) is 9.42. The molecule has 0 amide bonds. The van der Waals surface area contributed by atoms with Crippen molar-refractivity contribution >= 4 is 5.95 Å². The van der Waals surface area contributed by atoms with Gasteiger partial charge in [0.2, 0.25) is 11.8 Å². The Kier molecular flexibility index (Phi) is 1.44. The molecule has 0 saturated heterocycles. The highest BCUT2D eigenvalue weighted by atomic mass is 15.4. The Labute approximate surface area is 73.7 Å². The van der Waals surface area contributed by atoms with Crippen molar-refractivity contribution in [3.8, 4) is 11.5 Å². The van der Waals surface area contributed by atoms with E-state index >= 15 is 0 Å². The maximum atomic E-state index is 5.58. The van der Waals surface area contributed by atoms with Crippen LogP contribution in [0.3, 0.4) is 0 Å². The molecule has 0 atom stereocenters. The predicted octanol–water partition coefficient (Wildman–Crippen LogP) is -0.727. The number of hydrogen-bond donors (Lipinski definition) is 3. The van der Waals surface area contributed by atoms with Crippen molar-refractivity contribution in [1.29, 1.82) is 0 Å². The Morgan fingerprint density at radius 3 is 2.69 bits per heavy atom. The van der Waals surface area contributed by atoms with Crippen molar-refractivity contribution < 1.29 is 0 Å². The van der Waals surface area contributed by atoms with Gasteiger partial charge in [0, 0.05) is 0 Å². The average Bonchev–Trinajstić information content (AvgIpc) is 2.62. The first-order chi connectivity index (χ1) is 6.20. The summed E-state index contributed by atoms with van der Waals surface area (Å²) in [5, 5.41) is 14.1. The number of rotatable bonds is 1. The molecule has 0 unspecified atom stereocenters. The fourth-order valence-corrected chi connectivity index (χ4v) is 1.05. The number of nitrogens with one attached hydrogen (secondary N) is 1. The van der Waals surface area contributed by atoms with Gasteiger partial charge in [0.15, 0.2) is 0 Å². The van der Waals surface area contributed by atoms with Gasteiger partial charge in [-0.25, -0.2) is 4.68 Å². The van der Waals surface area contributed by atoms with E-state index in [0.29, 0.717) is 5.82 Å². The molecule has 2 aromatic heterocycles. The Bertz CT molecular complexity index is 426. The van der Waals surface area contributed by atoms with Gasteiger partial charge in [0.25, 0.3) is 0 Å². The van der Waals surface area contributed by atoms with Crippen molar-refractivity contribution in [2.45, 2.75) is 6.92 Å². The van der Waals surface area contributed by atoms with E-state index in [1.165, 1.54) is 4.68 Å². The highest BCUT2D eigenvalue weighted by molar-refractivity contribution is 5.55. The van der Waals surface area contributed by atoms with Crippen LogP contribution in [0, 0.1) is 6.92 Å². The van der Waals surface area contributed by atoms with Crippen LogP contribution >= 0.6 is 0 Å². The Morgan fingerprint density at radius 1 is 1.46 bits per heavy atom. The standard InChI is InChI=1S/C6H9N7/c1-3-2-9-10-4(3)5-11-12-6(7)13(5)8/h2H,8H2,1H3,(H2,7,12)(H,9,10). The first-order valence-corrected chi connectivity index (χ1v) is 3.66. The lowest BCUT2D eigenvalue weighted by Gasteiger charge is -1.98. The predicted molar refractivity (Wildman–Crippen MR) is 46.9 cm³/mol. The van der Waals surface area contributed by atoms with Crippen LogP contribution in [0.15, 0.2) is 6.20 Å². The second kappa shape index (κ2) is 2.47. The summed E-state index contributed by atoms with van der Waals surface area (Å²) in [5.74, 6) is 6.23. The van der Waals surface area contributed by atoms with Crippen LogP contribution in [-0.2, 0) is 0 Å². The van der Waals surface area contributed by atoms with E-state index in [4.69, 9.17) is 11.6 Å². The maximum absolute atomic E-state index is 5.58. The lowest BCUT2D eigenvalue weighted by molar-refractivity contribution is 0.993. The molecular weight excluding hydrogens is 170 g/mol. The molecule has 2 aromatic rings. The van der Waals surface area contributed by atoms with E-state index in [2.05, 4.69) is 20.4 Å². The molecular formula is C6H9N7. The van der Waals surface area contributed by atoms with Crippen molar-refractivity contribution in [1.82, 2.24) is 25.1 Å². The van der Waals surface area contributed by atoms with Gasteiger partial charge in [-0.1, -0.05) is 0 Å². The fraction of sp³-hybridized carbons (Fsp3) is 0.167. The first kappa shape index (κ1) is 7.59. The van der Waals surface area contributed by atoms with Crippen molar-refractivity contribution in [3.05, 3.63) is 11.8 Å². The summed E-state index contributed by atoms with van der Waals surface area (Å²) in [6.07, 6.45) is 1.68. The topological polar surface area (TPSA) is 111 Å². The van der Waals surface area contributed by atoms with E-state index in [1.807, 2.05) is 6.92 Å². The van der Waals surface area contributed by atoms with Crippen LogP contribution in [0.2, 0.25) is 0 Å². The number of aryl methyl sites for hydroxylation is 1. The number of nitrogens with zero attached hydrogens (tertiary/aromatic N) is 4. The Morgan fingerprint density at radius 2 is 2.23 bits per heavy atom. The Balaban J connectivity index is 2.59. The monoisotopic (exact) mass is 179 g/mol. The van der Waals surface area contributed by atoms with Gasteiger partial charge in [-0.2, -0.15) is 5.10 Å². The summed E-state index contributed by atoms with van der Waals surface area (Å²) < 4.78 is 1.21. The molecule has 0 aliphatic carbocycles. The molecule has 0 fully saturated rings. The molecule has 13 heavy (non-hydrogen) atoms. The van der Waals surface area contributed by atoms with Gasteiger partial charge in [-0.05, 0) is 12.5 Å². The Hall–Kier alpha value is -2.05. The summed E-state index contributed by atoms with van der Waals surface area (Å²) in [7, 11) is 0. The smallest absolute Gasteiger partial charge is 0.241 e. The molecule has 68 valence electrons. The van der Waals surface area contributed by atoms with Crippen molar-refractivity contribution in [2.75, 3.05) is 11.6 Å². The van der Waals surface area contributed by atoms with Crippen LogP contribution in [0.5, 0.6) is 0 Å². The SMILES string of the molecule is Cc1cn[nH]c1-c1nnc(N)n1N. The number of nitrogens with two attached hydrogens (primary N) is 2. The molecule has 7 heteroatoms. The second-order valence-corrected chi connectivity index (χ2v) is 2.68. The minimum atomic E-state index is 0.170. The van der Waals surface area contributed by atoms with Crippen LogP contribution in [-0.4, -0.2) is 25.1 Å². The molecule has 0 aliphatic heterocycles. The number of H-pyrrole nitrogens is 1. The van der Waals surface area contributed by atoms with Gasteiger partial charge >= 0.3 is 0 Å². The van der Waals surface area contributed by atoms with Gasteiger partial charge in [-0.3, -0.25) is 5.10 Å². The summed E-state index contributed by atoms with van der Waals surface area (Å²) >= 11 is 0. The van der Waals surface area contributed by atoms with E-state index in [0.717, 1.165) is 11.3 Å². The molecule has 0 saturated carbocycles. The number of nitrogen functional groups attached to an aromatic ring is 2. The highest BCUT2D eigenvalue weighted by Crippen LogP contribution is 2.17. The summed E-state index contributed by atoms with van der Waals surface area (Å²) in [5.41, 5.74) is 7.10. The normalized spacial score (nSPS) is 10.5. The van der Waals surface area contributed by atoms with Crippen LogP contribution in [0.1, 0.15) is 5.56 Å². The van der Waals surface area contributed by atoms with E-state index in [9.17, 15) is 0 Å². The molecule has 0 bridgehead atoms. The second-order valence-electron chi connectivity index (χ2n) is 2.68. The maximum Gasteiger partial charge on any atom is 0.241 e. The minimum Gasteiger partial charge on any atom is -0.366 e. The third kappa shape index (κ3) is 1.01. The summed E-state index contributed by atoms with van der Waals surface area (Å²) in [6.45, 7) is 1.89. The number of hydrogen-bond acceptors (Lipinski definition) is 5. The molecule has 2 heterocycles. The minimum absolute atomic E-state index is 0.170.